The average molecular weight is 443 g/mol. The number of fused-ring (bicyclic) bond motifs is 1. The molecule has 3 N–H and O–H groups in total. The molecule has 0 spiro atoms. The molecule has 4 atom stereocenters. The first-order valence-electron chi connectivity index (χ1n) is 10.6. The van der Waals surface area contributed by atoms with E-state index in [1.807, 2.05) is 13.0 Å². The summed E-state index contributed by atoms with van der Waals surface area (Å²) >= 11 is 0. The number of carbonyl (C=O) groups is 3. The Morgan fingerprint density at radius 1 is 1.25 bits per heavy atom. The summed E-state index contributed by atoms with van der Waals surface area (Å²) in [6.07, 6.45) is 1.23. The number of phenols is 1. The second-order valence-electron chi connectivity index (χ2n) is 8.48. The molecular weight excluding hydrogens is 414 g/mol. The summed E-state index contributed by atoms with van der Waals surface area (Å²) in [5.41, 5.74) is 3.27. The van der Waals surface area contributed by atoms with Gasteiger partial charge in [0.15, 0.2) is 0 Å². The molecule has 1 aliphatic heterocycles. The van der Waals surface area contributed by atoms with Gasteiger partial charge < -0.3 is 20.1 Å². The molecule has 0 radical (unpaired) electrons. The van der Waals surface area contributed by atoms with E-state index in [9.17, 15) is 29.7 Å². The average Bonchev–Trinajstić information content (AvgIpc) is 3.01. The number of imide groups is 3. The second kappa shape index (κ2) is 9.67. The Hall–Kier alpha value is -2.97. The van der Waals surface area contributed by atoms with Crippen molar-refractivity contribution < 1.29 is 34.4 Å². The number of hydrogen-bond acceptors (Lipinski definition) is 7. The van der Waals surface area contributed by atoms with Crippen molar-refractivity contribution in [3.63, 3.8) is 0 Å². The summed E-state index contributed by atoms with van der Waals surface area (Å²) in [7, 11) is 1.10. The van der Waals surface area contributed by atoms with E-state index in [1.54, 1.807) is 31.2 Å². The zero-order valence-electron chi connectivity index (χ0n) is 18.4. The third kappa shape index (κ3) is 4.47. The maximum atomic E-state index is 12.8. The van der Waals surface area contributed by atoms with Crippen molar-refractivity contribution in [1.82, 2.24) is 4.90 Å². The molecule has 1 aliphatic carbocycles. The Labute approximate surface area is 186 Å². The van der Waals surface area contributed by atoms with Crippen LogP contribution in [-0.4, -0.2) is 57.9 Å². The number of methoxy groups -OCH3 is 1. The van der Waals surface area contributed by atoms with Crippen LogP contribution in [0.1, 0.15) is 38.7 Å². The number of rotatable bonds is 6. The second-order valence-corrected chi connectivity index (χ2v) is 8.48. The topological polar surface area (TPSA) is 124 Å². The van der Waals surface area contributed by atoms with Gasteiger partial charge in [0, 0.05) is 5.92 Å². The smallest absolute Gasteiger partial charge is 0.423 e. The molecule has 8 heteroatoms. The Bertz CT molecular complexity index is 963. The van der Waals surface area contributed by atoms with Crippen LogP contribution in [0, 0.1) is 17.8 Å². The lowest BCUT2D eigenvalue weighted by molar-refractivity contribution is -0.137. The predicted octanol–water partition coefficient (Wildman–Crippen LogP) is 2.63. The van der Waals surface area contributed by atoms with Crippen molar-refractivity contribution >= 4 is 24.0 Å². The summed E-state index contributed by atoms with van der Waals surface area (Å²) in [6.45, 7) is 3.31. The van der Waals surface area contributed by atoms with E-state index >= 15 is 0 Å². The molecule has 0 bridgehead atoms. The number of aliphatic hydroxyl groups is 2. The fourth-order valence-electron chi connectivity index (χ4n) is 4.84. The molecule has 1 heterocycles. The van der Waals surface area contributed by atoms with Crippen molar-refractivity contribution in [3.8, 4) is 5.75 Å². The van der Waals surface area contributed by atoms with Crippen LogP contribution in [0.25, 0.3) is 6.08 Å². The molecule has 2 aliphatic rings. The maximum Gasteiger partial charge on any atom is 0.423 e. The fourth-order valence-corrected chi connectivity index (χ4v) is 4.84. The van der Waals surface area contributed by atoms with Crippen LogP contribution in [0.3, 0.4) is 0 Å². The van der Waals surface area contributed by atoms with Gasteiger partial charge in [0.2, 0.25) is 11.8 Å². The van der Waals surface area contributed by atoms with Crippen LogP contribution in [-0.2, 0) is 14.3 Å². The van der Waals surface area contributed by atoms with E-state index in [4.69, 9.17) is 0 Å². The molecule has 172 valence electrons. The van der Waals surface area contributed by atoms with Crippen LogP contribution in [0.2, 0.25) is 0 Å². The van der Waals surface area contributed by atoms with Gasteiger partial charge in [-0.25, -0.2) is 4.79 Å². The number of hydrogen-bond donors (Lipinski definition) is 3. The van der Waals surface area contributed by atoms with E-state index in [-0.39, 0.29) is 12.2 Å². The number of aromatic hydroxyl groups is 1. The van der Waals surface area contributed by atoms with Gasteiger partial charge in [-0.1, -0.05) is 29.4 Å². The van der Waals surface area contributed by atoms with Gasteiger partial charge in [0.1, 0.15) is 5.75 Å². The Morgan fingerprint density at radius 2 is 1.91 bits per heavy atom. The molecule has 1 aromatic rings. The highest BCUT2D eigenvalue weighted by atomic mass is 16.5. The minimum Gasteiger partial charge on any atom is -0.508 e. The lowest BCUT2D eigenvalue weighted by atomic mass is 9.68. The fraction of sp³-hybridized carbons (Fsp3) is 0.458. The first kappa shape index (κ1) is 23.7. The first-order chi connectivity index (χ1) is 15.2. The Balaban J connectivity index is 1.77. The van der Waals surface area contributed by atoms with Gasteiger partial charge in [-0.2, -0.15) is 4.90 Å². The van der Waals surface area contributed by atoms with E-state index in [0.29, 0.717) is 23.3 Å². The summed E-state index contributed by atoms with van der Waals surface area (Å²) in [5, 5.41) is 30.4. The number of aliphatic hydroxyl groups excluding tert-OH is 2. The normalized spacial score (nSPS) is 24.6. The molecule has 0 aromatic heterocycles. The first-order valence-corrected chi connectivity index (χ1v) is 10.6. The molecule has 8 nitrogen and oxygen atoms in total. The van der Waals surface area contributed by atoms with Crippen molar-refractivity contribution in [2.24, 2.45) is 17.8 Å². The zero-order valence-corrected chi connectivity index (χ0v) is 18.4. The van der Waals surface area contributed by atoms with E-state index in [1.165, 1.54) is 0 Å². The quantitative estimate of drug-likeness (QED) is 0.456. The summed E-state index contributed by atoms with van der Waals surface area (Å²) in [5.74, 6) is -3.50. The van der Waals surface area contributed by atoms with Crippen molar-refractivity contribution in [3.05, 3.63) is 46.5 Å². The number of ether oxygens (including phenoxy) is 1. The van der Waals surface area contributed by atoms with Crippen molar-refractivity contribution in [2.45, 2.75) is 39.2 Å². The standard InChI is InChI=1S/C24H29NO7/c1-13(10-15-5-7-16(27)8-6-15)4-9-19(28)20-14(2)11-17-21(18(20)12-26)23(30)25(22(17)29)24(31)32-3/h5-8,10,17-19,21,26-28H,4,9,11-12H2,1-3H3/b13-10+/t17-,18+,19-,21-/m1/s1. The zero-order chi connectivity index (χ0) is 23.6. The van der Waals surface area contributed by atoms with Crippen LogP contribution in [0.5, 0.6) is 5.75 Å². The molecule has 0 unspecified atom stereocenters. The minimum atomic E-state index is -1.03. The number of phenolic OH excluding ortho intramolecular Hbond substituents is 1. The highest BCUT2D eigenvalue weighted by Crippen LogP contribution is 2.46. The summed E-state index contributed by atoms with van der Waals surface area (Å²) < 4.78 is 4.57. The lowest BCUT2D eigenvalue weighted by Gasteiger charge is -2.35. The van der Waals surface area contributed by atoms with Gasteiger partial charge in [-0.05, 0) is 56.4 Å². The Kier molecular flexibility index (Phi) is 7.16. The number of nitrogens with zero attached hydrogens (tertiary/aromatic N) is 1. The van der Waals surface area contributed by atoms with E-state index < -0.39 is 48.4 Å². The number of allylic oxidation sites excluding steroid dienone is 2. The van der Waals surface area contributed by atoms with Crippen LogP contribution in [0.4, 0.5) is 4.79 Å². The molecule has 32 heavy (non-hydrogen) atoms. The van der Waals surface area contributed by atoms with E-state index in [2.05, 4.69) is 4.74 Å². The number of benzene rings is 1. The largest absolute Gasteiger partial charge is 0.508 e. The monoisotopic (exact) mass is 443 g/mol. The highest BCUT2D eigenvalue weighted by molar-refractivity contribution is 6.15. The van der Waals surface area contributed by atoms with Crippen LogP contribution in [0.15, 0.2) is 41.0 Å². The lowest BCUT2D eigenvalue weighted by Crippen LogP contribution is -2.39. The van der Waals surface area contributed by atoms with Crippen molar-refractivity contribution in [2.75, 3.05) is 13.7 Å². The molecule has 3 rings (SSSR count). The highest BCUT2D eigenvalue weighted by Gasteiger charge is 2.56. The van der Waals surface area contributed by atoms with Crippen molar-refractivity contribution in [1.29, 1.82) is 0 Å². The van der Waals surface area contributed by atoms with Crippen LogP contribution < -0.4 is 0 Å². The van der Waals surface area contributed by atoms with Gasteiger partial charge in [-0.15, -0.1) is 0 Å². The van der Waals surface area contributed by atoms with Gasteiger partial charge in [-0.3, -0.25) is 9.59 Å². The van der Waals surface area contributed by atoms with Gasteiger partial charge in [0.25, 0.3) is 0 Å². The maximum absolute atomic E-state index is 12.8. The van der Waals surface area contributed by atoms with Crippen LogP contribution >= 0.6 is 0 Å². The van der Waals surface area contributed by atoms with Gasteiger partial charge >= 0.3 is 6.09 Å². The molecule has 3 amide bonds. The summed E-state index contributed by atoms with van der Waals surface area (Å²) in [4.78, 5) is 38.0. The van der Waals surface area contributed by atoms with E-state index in [0.717, 1.165) is 23.8 Å². The van der Waals surface area contributed by atoms with Gasteiger partial charge in [0.05, 0.1) is 31.7 Å². The molecule has 0 saturated carbocycles. The predicted molar refractivity (Wildman–Crippen MR) is 116 cm³/mol. The third-order valence-corrected chi connectivity index (χ3v) is 6.36. The SMILES string of the molecule is COC(=O)N1C(=O)[C@@H]2[C@@H](CC(C)=C([C@H](O)CC/C(C)=C/c3ccc(O)cc3)[C@@H]2CO)C1=O. The molecule has 1 saturated heterocycles. The molecule has 1 aromatic carbocycles. The summed E-state index contributed by atoms with van der Waals surface area (Å²) in [6, 6.07) is 6.79. The third-order valence-electron chi connectivity index (χ3n) is 6.36. The number of amides is 3. The molecule has 1 fully saturated rings. The number of carbonyl (C=O) groups excluding carboxylic acids is 3. The Morgan fingerprint density at radius 3 is 2.50 bits per heavy atom. The number of likely N-dealkylation sites (tertiary alicyclic amines) is 1. The minimum absolute atomic E-state index is 0.189. The molecular formula is C24H29NO7.